The predicted octanol–water partition coefficient (Wildman–Crippen LogP) is 4.12. The van der Waals surface area contributed by atoms with E-state index in [9.17, 15) is 9.59 Å². The standard InChI is InChI=1S/C25H25N3O3/c1-17(2)31-21-12-8-19(9-13-21)22-23(27-14-4-3-5-15-27)25(30)28(24(22)29)20-10-6-18(16-26)7-11-20/h6-13,17H,3-5,14-15H2,1-2H3. The highest BCUT2D eigenvalue weighted by atomic mass is 16.5. The Morgan fingerprint density at radius 2 is 1.55 bits per heavy atom. The molecule has 6 nitrogen and oxygen atoms in total. The van der Waals surface area contributed by atoms with Crippen molar-refractivity contribution in [2.45, 2.75) is 39.2 Å². The number of rotatable bonds is 5. The minimum atomic E-state index is -0.340. The van der Waals surface area contributed by atoms with Crippen molar-refractivity contribution in [3.05, 3.63) is 65.4 Å². The highest BCUT2D eigenvalue weighted by Gasteiger charge is 2.42. The number of carbonyl (C=O) groups is 2. The average molecular weight is 415 g/mol. The molecule has 0 spiro atoms. The Bertz CT molecular complexity index is 1060. The number of anilines is 1. The van der Waals surface area contributed by atoms with Gasteiger partial charge in [-0.25, -0.2) is 4.90 Å². The first-order valence-corrected chi connectivity index (χ1v) is 10.6. The first kappa shape index (κ1) is 20.7. The van der Waals surface area contributed by atoms with Crippen molar-refractivity contribution in [2.24, 2.45) is 0 Å². The molecule has 2 heterocycles. The molecule has 2 aliphatic heterocycles. The molecule has 0 unspecified atom stereocenters. The van der Waals surface area contributed by atoms with Crippen molar-refractivity contribution in [1.82, 2.24) is 4.90 Å². The number of nitrogens with zero attached hydrogens (tertiary/aromatic N) is 3. The van der Waals surface area contributed by atoms with E-state index in [1.807, 2.05) is 43.0 Å². The topological polar surface area (TPSA) is 73.6 Å². The van der Waals surface area contributed by atoms with Gasteiger partial charge >= 0.3 is 0 Å². The number of likely N-dealkylation sites (tertiary alicyclic amines) is 1. The molecule has 158 valence electrons. The van der Waals surface area contributed by atoms with Gasteiger partial charge in [-0.05, 0) is 75.1 Å². The highest BCUT2D eigenvalue weighted by molar-refractivity contribution is 6.45. The number of imide groups is 1. The Kier molecular flexibility index (Phi) is 5.77. The van der Waals surface area contributed by atoms with Gasteiger partial charge < -0.3 is 9.64 Å². The second kappa shape index (κ2) is 8.65. The van der Waals surface area contributed by atoms with E-state index < -0.39 is 0 Å². The van der Waals surface area contributed by atoms with E-state index in [1.54, 1.807) is 24.3 Å². The summed E-state index contributed by atoms with van der Waals surface area (Å²) >= 11 is 0. The number of piperidine rings is 1. The van der Waals surface area contributed by atoms with Crippen LogP contribution in [0.15, 0.2) is 54.2 Å². The zero-order valence-corrected chi connectivity index (χ0v) is 17.8. The molecule has 2 aromatic carbocycles. The Morgan fingerprint density at radius 1 is 0.903 bits per heavy atom. The fourth-order valence-electron chi connectivity index (χ4n) is 4.08. The third-order valence-corrected chi connectivity index (χ3v) is 5.50. The maximum absolute atomic E-state index is 13.5. The van der Waals surface area contributed by atoms with Crippen LogP contribution in [0.4, 0.5) is 5.69 Å². The molecule has 1 fully saturated rings. The van der Waals surface area contributed by atoms with Crippen molar-refractivity contribution in [3.63, 3.8) is 0 Å². The SMILES string of the molecule is CC(C)Oc1ccc(C2=C(N3CCCCC3)C(=O)N(c3ccc(C#N)cc3)C2=O)cc1. The first-order valence-electron chi connectivity index (χ1n) is 10.6. The third kappa shape index (κ3) is 4.04. The molecule has 0 saturated carbocycles. The largest absolute Gasteiger partial charge is 0.491 e. The number of hydrogen-bond donors (Lipinski definition) is 0. The summed E-state index contributed by atoms with van der Waals surface area (Å²) in [6, 6.07) is 15.9. The molecule has 0 N–H and O–H groups in total. The van der Waals surface area contributed by atoms with Gasteiger partial charge in [0.2, 0.25) is 0 Å². The summed E-state index contributed by atoms with van der Waals surface area (Å²) in [5.74, 6) is 0.0708. The lowest BCUT2D eigenvalue weighted by molar-refractivity contribution is -0.120. The van der Waals surface area contributed by atoms with Gasteiger partial charge in [-0.2, -0.15) is 5.26 Å². The van der Waals surface area contributed by atoms with Gasteiger partial charge in [0.15, 0.2) is 0 Å². The lowest BCUT2D eigenvalue weighted by atomic mass is 10.0. The van der Waals surface area contributed by atoms with Gasteiger partial charge in [0.05, 0.1) is 29.0 Å². The number of hydrogen-bond acceptors (Lipinski definition) is 5. The van der Waals surface area contributed by atoms with Crippen LogP contribution in [0.25, 0.3) is 5.57 Å². The summed E-state index contributed by atoms with van der Waals surface area (Å²) < 4.78 is 5.72. The van der Waals surface area contributed by atoms with Crippen LogP contribution in [-0.2, 0) is 9.59 Å². The van der Waals surface area contributed by atoms with Crippen LogP contribution in [0.1, 0.15) is 44.2 Å². The fraction of sp³-hybridized carbons (Fsp3) is 0.320. The van der Waals surface area contributed by atoms with Crippen molar-refractivity contribution >= 4 is 23.1 Å². The molecule has 1 saturated heterocycles. The van der Waals surface area contributed by atoms with Crippen molar-refractivity contribution in [2.75, 3.05) is 18.0 Å². The molecule has 2 aromatic rings. The molecule has 0 aliphatic carbocycles. The highest BCUT2D eigenvalue weighted by Crippen LogP contribution is 2.36. The Balaban J connectivity index is 1.75. The Morgan fingerprint density at radius 3 is 2.13 bits per heavy atom. The molecular weight excluding hydrogens is 390 g/mol. The second-order valence-electron chi connectivity index (χ2n) is 8.07. The number of carbonyl (C=O) groups excluding carboxylic acids is 2. The normalized spacial score (nSPS) is 16.8. The number of benzene rings is 2. The summed E-state index contributed by atoms with van der Waals surface area (Å²) in [5, 5.41) is 9.06. The smallest absolute Gasteiger partial charge is 0.282 e. The molecule has 6 heteroatoms. The third-order valence-electron chi connectivity index (χ3n) is 5.50. The van der Waals surface area contributed by atoms with Crippen LogP contribution in [0.2, 0.25) is 0 Å². The van der Waals surface area contributed by atoms with Crippen molar-refractivity contribution in [3.8, 4) is 11.8 Å². The molecule has 4 rings (SSSR count). The van der Waals surface area contributed by atoms with Crippen LogP contribution >= 0.6 is 0 Å². The van der Waals surface area contributed by atoms with E-state index in [4.69, 9.17) is 10.00 Å². The van der Waals surface area contributed by atoms with Crippen LogP contribution in [0.3, 0.4) is 0 Å². The molecule has 0 bridgehead atoms. The molecule has 2 aliphatic rings. The Hall–Kier alpha value is -3.59. The minimum Gasteiger partial charge on any atom is -0.491 e. The van der Waals surface area contributed by atoms with Crippen molar-refractivity contribution in [1.29, 1.82) is 5.26 Å². The molecule has 0 aromatic heterocycles. The first-order chi connectivity index (χ1) is 15.0. The number of nitriles is 1. The summed E-state index contributed by atoms with van der Waals surface area (Å²) in [4.78, 5) is 30.3. The number of ether oxygens (including phenoxy) is 1. The van der Waals surface area contributed by atoms with E-state index in [0.29, 0.717) is 28.1 Å². The summed E-state index contributed by atoms with van der Waals surface area (Å²) in [5.41, 5.74) is 2.54. The molecule has 2 amide bonds. The summed E-state index contributed by atoms with van der Waals surface area (Å²) in [7, 11) is 0. The van der Waals surface area contributed by atoms with Gasteiger partial charge in [-0.3, -0.25) is 9.59 Å². The zero-order valence-electron chi connectivity index (χ0n) is 17.8. The predicted molar refractivity (Wildman–Crippen MR) is 118 cm³/mol. The quantitative estimate of drug-likeness (QED) is 0.687. The second-order valence-corrected chi connectivity index (χ2v) is 8.07. The molecule has 31 heavy (non-hydrogen) atoms. The van der Waals surface area contributed by atoms with Crippen LogP contribution in [0, 0.1) is 11.3 Å². The lowest BCUT2D eigenvalue weighted by Crippen LogP contribution is -2.37. The molecule has 0 radical (unpaired) electrons. The lowest BCUT2D eigenvalue weighted by Gasteiger charge is -2.29. The van der Waals surface area contributed by atoms with E-state index in [1.165, 1.54) is 4.90 Å². The molecule has 0 atom stereocenters. The summed E-state index contributed by atoms with van der Waals surface area (Å²) in [6.45, 7) is 5.43. The van der Waals surface area contributed by atoms with E-state index in [-0.39, 0.29) is 17.9 Å². The van der Waals surface area contributed by atoms with Gasteiger partial charge in [-0.1, -0.05) is 12.1 Å². The summed E-state index contributed by atoms with van der Waals surface area (Å²) in [6.07, 6.45) is 3.17. The van der Waals surface area contributed by atoms with Gasteiger partial charge in [0.25, 0.3) is 11.8 Å². The van der Waals surface area contributed by atoms with Gasteiger partial charge in [0, 0.05) is 13.1 Å². The minimum absolute atomic E-state index is 0.0514. The van der Waals surface area contributed by atoms with E-state index in [2.05, 4.69) is 6.07 Å². The average Bonchev–Trinajstić information content (AvgIpc) is 3.04. The molecular formula is C25H25N3O3. The van der Waals surface area contributed by atoms with Gasteiger partial charge in [-0.15, -0.1) is 0 Å². The van der Waals surface area contributed by atoms with E-state index >= 15 is 0 Å². The fourth-order valence-corrected chi connectivity index (χ4v) is 4.08. The van der Waals surface area contributed by atoms with Crippen LogP contribution in [-0.4, -0.2) is 35.9 Å². The van der Waals surface area contributed by atoms with Crippen LogP contribution in [0.5, 0.6) is 5.75 Å². The van der Waals surface area contributed by atoms with E-state index in [0.717, 1.165) is 38.1 Å². The zero-order chi connectivity index (χ0) is 22.0. The van der Waals surface area contributed by atoms with Crippen molar-refractivity contribution < 1.29 is 14.3 Å². The maximum Gasteiger partial charge on any atom is 0.282 e. The monoisotopic (exact) mass is 415 g/mol. The van der Waals surface area contributed by atoms with Gasteiger partial charge in [0.1, 0.15) is 11.4 Å². The maximum atomic E-state index is 13.5. The van der Waals surface area contributed by atoms with Crippen LogP contribution < -0.4 is 9.64 Å². The Labute approximate surface area is 182 Å². The number of amides is 2.